The fourth-order valence-electron chi connectivity index (χ4n) is 2.01. The fourth-order valence-corrected chi connectivity index (χ4v) is 2.91. The van der Waals surface area contributed by atoms with Crippen LogP contribution in [0.2, 0.25) is 0 Å². The molecule has 0 fully saturated rings. The molecule has 0 saturated carbocycles. The first-order chi connectivity index (χ1) is 8.01. The van der Waals surface area contributed by atoms with Gasteiger partial charge in [-0.05, 0) is 19.3 Å². The number of rotatable bonds is 3. The monoisotopic (exact) mass is 262 g/mol. The maximum Gasteiger partial charge on any atom is 0.262 e. The average molecular weight is 262 g/mol. The summed E-state index contributed by atoms with van der Waals surface area (Å²) in [5.74, 6) is -0.724. The third-order valence-electron chi connectivity index (χ3n) is 2.80. The molecule has 6 nitrogen and oxygen atoms in total. The number of hydroxylamine groups is 1. The molecule has 0 aromatic carbocycles. The van der Waals surface area contributed by atoms with E-state index in [2.05, 4.69) is 0 Å². The van der Waals surface area contributed by atoms with Gasteiger partial charge in [-0.25, -0.2) is 9.69 Å². The summed E-state index contributed by atoms with van der Waals surface area (Å²) < 4.78 is 17.9. The summed E-state index contributed by atoms with van der Waals surface area (Å²) in [5.41, 5.74) is 2.75. The van der Waals surface area contributed by atoms with E-state index in [0.29, 0.717) is 13.0 Å². The van der Waals surface area contributed by atoms with Crippen molar-refractivity contribution in [3.63, 3.8) is 0 Å². The highest BCUT2D eigenvalue weighted by Crippen LogP contribution is 2.23. The summed E-state index contributed by atoms with van der Waals surface area (Å²) in [5, 5.41) is 8.75. The second-order valence-corrected chi connectivity index (χ2v) is 5.30. The first-order valence-electron chi connectivity index (χ1n) is 5.35. The van der Waals surface area contributed by atoms with Crippen LogP contribution >= 0.6 is 0 Å². The van der Waals surface area contributed by atoms with Crippen LogP contribution in [0.5, 0.6) is 0 Å². The summed E-state index contributed by atoms with van der Waals surface area (Å²) >= 11 is -1.68. The van der Waals surface area contributed by atoms with E-state index in [-0.39, 0.29) is 5.92 Å². The van der Waals surface area contributed by atoms with Crippen molar-refractivity contribution in [2.75, 3.05) is 13.7 Å². The van der Waals surface area contributed by atoms with Gasteiger partial charge in [-0.2, -0.15) is 4.31 Å². The maximum absolute atomic E-state index is 11.7. The van der Waals surface area contributed by atoms with Crippen molar-refractivity contribution in [3.05, 3.63) is 11.6 Å². The zero-order valence-corrected chi connectivity index (χ0v) is 11.0. The molecule has 3 atom stereocenters. The highest BCUT2D eigenvalue weighted by Gasteiger charge is 2.35. The number of hydrogen-bond acceptors (Lipinski definition) is 4. The molecule has 2 N–H and O–H groups in total. The zero-order valence-electron chi connectivity index (χ0n) is 10.2. The van der Waals surface area contributed by atoms with E-state index in [9.17, 15) is 9.00 Å². The Labute approximate surface area is 103 Å². The van der Waals surface area contributed by atoms with Crippen LogP contribution < -0.4 is 5.48 Å². The molecule has 0 aromatic rings. The molecule has 1 rings (SSSR count). The highest BCUT2D eigenvalue weighted by atomic mass is 32.2. The van der Waals surface area contributed by atoms with Crippen molar-refractivity contribution in [2.45, 2.75) is 26.3 Å². The van der Waals surface area contributed by atoms with Crippen LogP contribution in [-0.4, -0.2) is 39.3 Å². The normalized spacial score (nSPS) is 28.1. The number of nitrogens with zero attached hydrogens (tertiary/aromatic N) is 1. The summed E-state index contributed by atoms with van der Waals surface area (Å²) in [7, 11) is 1.32. The lowest BCUT2D eigenvalue weighted by atomic mass is 10.00. The molecule has 0 bridgehead atoms. The van der Waals surface area contributed by atoms with Crippen LogP contribution in [0.4, 0.5) is 0 Å². The SMILES string of the molecule is COS(=O)N1CCC(C)=CC(C)C1C(=O)NO. The van der Waals surface area contributed by atoms with E-state index in [0.717, 1.165) is 5.57 Å². The summed E-state index contributed by atoms with van der Waals surface area (Å²) in [6, 6.07) is -0.696. The topological polar surface area (TPSA) is 78.9 Å². The van der Waals surface area contributed by atoms with Crippen molar-refractivity contribution in [2.24, 2.45) is 5.92 Å². The fraction of sp³-hybridized carbons (Fsp3) is 0.700. The molecule has 0 radical (unpaired) electrons. The van der Waals surface area contributed by atoms with E-state index in [1.165, 1.54) is 11.4 Å². The van der Waals surface area contributed by atoms with Crippen LogP contribution in [0.15, 0.2) is 11.6 Å². The largest absolute Gasteiger partial charge is 0.289 e. The van der Waals surface area contributed by atoms with Gasteiger partial charge in [-0.1, -0.05) is 18.6 Å². The van der Waals surface area contributed by atoms with E-state index in [4.69, 9.17) is 9.39 Å². The lowest BCUT2D eigenvalue weighted by molar-refractivity contribution is -0.134. The quantitative estimate of drug-likeness (QED) is 0.438. The van der Waals surface area contributed by atoms with Gasteiger partial charge in [0.15, 0.2) is 0 Å². The minimum absolute atomic E-state index is 0.149. The van der Waals surface area contributed by atoms with E-state index >= 15 is 0 Å². The van der Waals surface area contributed by atoms with E-state index in [1.807, 2.05) is 19.9 Å². The predicted molar refractivity (Wildman–Crippen MR) is 63.1 cm³/mol. The Kier molecular flexibility index (Phi) is 5.26. The zero-order chi connectivity index (χ0) is 13.0. The van der Waals surface area contributed by atoms with Crippen LogP contribution in [0.1, 0.15) is 20.3 Å². The maximum atomic E-state index is 11.7. The molecule has 1 amide bonds. The number of hydrogen-bond donors (Lipinski definition) is 2. The Morgan fingerprint density at radius 2 is 2.35 bits per heavy atom. The highest BCUT2D eigenvalue weighted by molar-refractivity contribution is 7.77. The van der Waals surface area contributed by atoms with Crippen molar-refractivity contribution >= 4 is 17.2 Å². The second-order valence-electron chi connectivity index (χ2n) is 4.07. The van der Waals surface area contributed by atoms with Crippen molar-refractivity contribution in [3.8, 4) is 0 Å². The number of amides is 1. The first kappa shape index (κ1) is 14.3. The molecule has 1 aliphatic rings. The minimum Gasteiger partial charge on any atom is -0.289 e. The van der Waals surface area contributed by atoms with E-state index < -0.39 is 23.2 Å². The van der Waals surface area contributed by atoms with E-state index in [1.54, 1.807) is 5.48 Å². The Hall–Kier alpha value is -0.760. The first-order valence-corrected chi connectivity index (χ1v) is 6.38. The number of carbonyl (C=O) groups excluding carboxylic acids is 1. The van der Waals surface area contributed by atoms with Gasteiger partial charge in [0.05, 0.1) is 7.11 Å². The third-order valence-corrected chi connectivity index (χ3v) is 3.87. The van der Waals surface area contributed by atoms with Crippen LogP contribution in [-0.2, 0) is 20.2 Å². The average Bonchev–Trinajstić information content (AvgIpc) is 2.45. The van der Waals surface area contributed by atoms with Gasteiger partial charge in [0, 0.05) is 6.54 Å². The van der Waals surface area contributed by atoms with Gasteiger partial charge in [0.1, 0.15) is 6.04 Å². The molecule has 0 aliphatic carbocycles. The van der Waals surface area contributed by atoms with Crippen LogP contribution in [0, 0.1) is 5.92 Å². The molecule has 1 heterocycles. The molecule has 17 heavy (non-hydrogen) atoms. The minimum atomic E-state index is -1.68. The Balaban J connectivity index is 3.02. The summed E-state index contributed by atoms with van der Waals surface area (Å²) in [6.45, 7) is 4.25. The predicted octanol–water partition coefficient (Wildman–Crippen LogP) is 0.374. The van der Waals surface area contributed by atoms with Crippen LogP contribution in [0.25, 0.3) is 0 Å². The smallest absolute Gasteiger partial charge is 0.262 e. The van der Waals surface area contributed by atoms with Crippen molar-refractivity contribution in [1.82, 2.24) is 9.79 Å². The standard InChI is InChI=1S/C10H18N2O4S/c1-7-4-5-12(17(15)16-3)9(8(2)6-7)10(13)11-14/h6,8-9,14H,4-5H2,1-3H3,(H,11,13). The Bertz CT molecular complexity index is 345. The molecule has 0 aromatic heterocycles. The van der Waals surface area contributed by atoms with Crippen molar-refractivity contribution < 1.29 is 18.4 Å². The lowest BCUT2D eigenvalue weighted by Crippen LogP contribution is -2.50. The molecule has 0 spiro atoms. The van der Waals surface area contributed by atoms with Gasteiger partial charge in [0.2, 0.25) is 11.3 Å². The van der Waals surface area contributed by atoms with Gasteiger partial charge in [-0.3, -0.25) is 14.2 Å². The Morgan fingerprint density at radius 1 is 1.71 bits per heavy atom. The van der Waals surface area contributed by atoms with Crippen LogP contribution in [0.3, 0.4) is 0 Å². The lowest BCUT2D eigenvalue weighted by Gasteiger charge is -2.28. The van der Waals surface area contributed by atoms with Gasteiger partial charge in [-0.15, -0.1) is 0 Å². The second kappa shape index (κ2) is 6.25. The van der Waals surface area contributed by atoms with Gasteiger partial charge < -0.3 is 0 Å². The summed E-state index contributed by atoms with van der Waals surface area (Å²) in [6.07, 6.45) is 2.67. The molecule has 1 aliphatic heterocycles. The van der Waals surface area contributed by atoms with Gasteiger partial charge in [0.25, 0.3) is 5.91 Å². The number of carbonyl (C=O) groups is 1. The molecular formula is C10H18N2O4S. The van der Waals surface area contributed by atoms with Gasteiger partial charge >= 0.3 is 0 Å². The number of nitrogens with one attached hydrogen (secondary N) is 1. The summed E-state index contributed by atoms with van der Waals surface area (Å²) in [4.78, 5) is 11.6. The van der Waals surface area contributed by atoms with Crippen molar-refractivity contribution in [1.29, 1.82) is 0 Å². The molecule has 7 heteroatoms. The Morgan fingerprint density at radius 3 is 2.88 bits per heavy atom. The molecular weight excluding hydrogens is 244 g/mol. The molecule has 0 saturated heterocycles. The molecule has 3 unspecified atom stereocenters. The third kappa shape index (κ3) is 3.35. The molecule has 98 valence electrons.